The molecule has 0 radical (unpaired) electrons. The van der Waals surface area contributed by atoms with Crippen molar-refractivity contribution in [1.82, 2.24) is 9.80 Å². The number of ether oxygens (including phenoxy) is 1. The van der Waals surface area contributed by atoms with Crippen LogP contribution in [0.3, 0.4) is 0 Å². The summed E-state index contributed by atoms with van der Waals surface area (Å²) in [5.74, 6) is -0.731. The number of nitrogens with zero attached hydrogens (tertiary/aromatic N) is 2. The molecule has 6 heteroatoms. The molecule has 35 heavy (non-hydrogen) atoms. The molecule has 2 aromatic carbocycles. The van der Waals surface area contributed by atoms with Gasteiger partial charge < -0.3 is 19.6 Å². The molecule has 0 aromatic heterocycles. The Kier molecular flexibility index (Phi) is 8.39. The van der Waals surface area contributed by atoms with E-state index >= 15 is 0 Å². The summed E-state index contributed by atoms with van der Waals surface area (Å²) >= 11 is 0. The minimum absolute atomic E-state index is 0.0206. The maximum absolute atomic E-state index is 13.2. The molecule has 1 saturated heterocycles. The third-order valence-electron chi connectivity index (χ3n) is 6.76. The van der Waals surface area contributed by atoms with Gasteiger partial charge in [0.2, 0.25) is 0 Å². The highest BCUT2D eigenvalue weighted by Gasteiger charge is 2.45. The number of hydrogen-bond acceptors (Lipinski definition) is 5. The van der Waals surface area contributed by atoms with Crippen molar-refractivity contribution in [2.75, 3.05) is 33.3 Å². The van der Waals surface area contributed by atoms with Gasteiger partial charge in [-0.25, -0.2) is 0 Å². The van der Waals surface area contributed by atoms with Crippen LogP contribution in [-0.4, -0.2) is 59.9 Å². The van der Waals surface area contributed by atoms with Crippen molar-refractivity contribution in [1.29, 1.82) is 0 Å². The zero-order valence-corrected chi connectivity index (χ0v) is 21.8. The molecule has 6 nitrogen and oxygen atoms in total. The Bertz CT molecular complexity index is 1060. The molecular weight excluding hydrogens is 440 g/mol. The molecule has 1 atom stereocenters. The van der Waals surface area contributed by atoms with Crippen LogP contribution in [0.4, 0.5) is 0 Å². The van der Waals surface area contributed by atoms with Gasteiger partial charge in [-0.1, -0.05) is 58.9 Å². The zero-order chi connectivity index (χ0) is 25.8. The Morgan fingerprint density at radius 2 is 1.60 bits per heavy atom. The molecule has 2 aromatic rings. The molecule has 0 saturated carbocycles. The summed E-state index contributed by atoms with van der Waals surface area (Å²) in [7, 11) is 1.57. The highest BCUT2D eigenvalue weighted by Crippen LogP contribution is 2.40. The molecule has 3 rings (SSSR count). The molecule has 1 amide bonds. The Labute approximate surface area is 209 Å². The number of hydrogen-bond donors (Lipinski definition) is 1. The van der Waals surface area contributed by atoms with Gasteiger partial charge in [0.15, 0.2) is 0 Å². The van der Waals surface area contributed by atoms with E-state index in [0.29, 0.717) is 17.9 Å². The second-order valence-corrected chi connectivity index (χ2v) is 9.97. The monoisotopic (exact) mass is 478 g/mol. The fraction of sp³-hybridized carbons (Fsp3) is 0.448. The first-order valence-corrected chi connectivity index (χ1v) is 12.4. The van der Waals surface area contributed by atoms with E-state index in [-0.39, 0.29) is 16.7 Å². The Morgan fingerprint density at radius 3 is 2.11 bits per heavy atom. The molecule has 1 unspecified atom stereocenters. The standard InChI is InChI=1S/C29H38N2O4/c1-7-30(8-2)18-9-19-31-25(20-10-14-22(15-11-20)29(3,4)5)24(27(33)28(31)34)26(32)21-12-16-23(35-6)17-13-21/h10-17,25,32H,7-9,18-19H2,1-6H3/b26-24+. The predicted molar refractivity (Wildman–Crippen MR) is 140 cm³/mol. The molecule has 1 aliphatic heterocycles. The maximum Gasteiger partial charge on any atom is 0.295 e. The lowest BCUT2D eigenvalue weighted by atomic mass is 9.85. The average molecular weight is 479 g/mol. The van der Waals surface area contributed by atoms with E-state index in [2.05, 4.69) is 39.5 Å². The van der Waals surface area contributed by atoms with E-state index in [4.69, 9.17) is 4.74 Å². The first-order chi connectivity index (χ1) is 16.6. The molecular formula is C29H38N2O4. The number of rotatable bonds is 9. The number of methoxy groups -OCH3 is 1. The number of carbonyl (C=O) groups excluding carboxylic acids is 2. The van der Waals surface area contributed by atoms with Gasteiger partial charge in [0, 0.05) is 12.1 Å². The van der Waals surface area contributed by atoms with E-state index in [0.717, 1.165) is 37.2 Å². The second kappa shape index (κ2) is 11.1. The minimum Gasteiger partial charge on any atom is -0.507 e. The van der Waals surface area contributed by atoms with Crippen molar-refractivity contribution < 1.29 is 19.4 Å². The number of aliphatic hydroxyl groups is 1. The van der Waals surface area contributed by atoms with Crippen LogP contribution >= 0.6 is 0 Å². The van der Waals surface area contributed by atoms with Crippen LogP contribution in [0.5, 0.6) is 5.75 Å². The first kappa shape index (κ1) is 26.5. The number of amides is 1. The molecule has 0 spiro atoms. The van der Waals surface area contributed by atoms with Crippen LogP contribution in [0.25, 0.3) is 5.76 Å². The quantitative estimate of drug-likeness (QED) is 0.307. The van der Waals surface area contributed by atoms with Gasteiger partial charge in [-0.05, 0) is 66.9 Å². The van der Waals surface area contributed by atoms with Crippen LogP contribution in [0.2, 0.25) is 0 Å². The van der Waals surface area contributed by atoms with Crippen molar-refractivity contribution in [2.24, 2.45) is 0 Å². The van der Waals surface area contributed by atoms with Crippen molar-refractivity contribution in [3.8, 4) is 5.75 Å². The van der Waals surface area contributed by atoms with E-state index in [1.165, 1.54) is 0 Å². The van der Waals surface area contributed by atoms with Crippen LogP contribution in [0.1, 0.15) is 63.8 Å². The molecule has 1 aliphatic rings. The van der Waals surface area contributed by atoms with Crippen LogP contribution in [0, 0.1) is 0 Å². The summed E-state index contributed by atoms with van der Waals surface area (Å²) in [6.07, 6.45) is 0.744. The fourth-order valence-electron chi connectivity index (χ4n) is 4.53. The fourth-order valence-corrected chi connectivity index (χ4v) is 4.53. The first-order valence-electron chi connectivity index (χ1n) is 12.4. The van der Waals surface area contributed by atoms with Gasteiger partial charge >= 0.3 is 0 Å². The topological polar surface area (TPSA) is 70.1 Å². The third-order valence-corrected chi connectivity index (χ3v) is 6.76. The normalized spacial score (nSPS) is 17.9. The molecule has 0 aliphatic carbocycles. The van der Waals surface area contributed by atoms with Crippen LogP contribution in [-0.2, 0) is 15.0 Å². The van der Waals surface area contributed by atoms with Crippen molar-refractivity contribution in [3.05, 3.63) is 70.8 Å². The Balaban J connectivity index is 2.04. The Morgan fingerprint density at radius 1 is 1.00 bits per heavy atom. The summed E-state index contributed by atoms with van der Waals surface area (Å²) in [5.41, 5.74) is 2.56. The highest BCUT2D eigenvalue weighted by molar-refractivity contribution is 6.46. The minimum atomic E-state index is -0.647. The highest BCUT2D eigenvalue weighted by atomic mass is 16.5. The number of likely N-dealkylation sites (tertiary alicyclic amines) is 1. The van der Waals surface area contributed by atoms with Crippen molar-refractivity contribution in [3.63, 3.8) is 0 Å². The van der Waals surface area contributed by atoms with E-state index < -0.39 is 17.7 Å². The van der Waals surface area contributed by atoms with Crippen LogP contribution in [0.15, 0.2) is 54.1 Å². The van der Waals surface area contributed by atoms with Crippen LogP contribution < -0.4 is 4.74 Å². The van der Waals surface area contributed by atoms with Gasteiger partial charge in [-0.3, -0.25) is 9.59 Å². The van der Waals surface area contributed by atoms with E-state index in [1.54, 1.807) is 36.3 Å². The van der Waals surface area contributed by atoms with Gasteiger partial charge in [0.1, 0.15) is 11.5 Å². The average Bonchev–Trinajstić information content (AvgIpc) is 3.10. The predicted octanol–water partition coefficient (Wildman–Crippen LogP) is 5.15. The third kappa shape index (κ3) is 5.76. The summed E-state index contributed by atoms with van der Waals surface area (Å²) < 4.78 is 5.21. The number of Topliss-reactive ketones (excluding diaryl/α,β-unsaturated/α-hetero) is 1. The molecule has 1 fully saturated rings. The van der Waals surface area contributed by atoms with Crippen molar-refractivity contribution in [2.45, 2.75) is 52.5 Å². The molecule has 1 N–H and O–H groups in total. The molecule has 188 valence electrons. The second-order valence-electron chi connectivity index (χ2n) is 9.97. The molecule has 1 heterocycles. The molecule has 0 bridgehead atoms. The number of carbonyl (C=O) groups is 2. The van der Waals surface area contributed by atoms with Gasteiger partial charge in [-0.15, -0.1) is 0 Å². The number of benzene rings is 2. The lowest BCUT2D eigenvalue weighted by molar-refractivity contribution is -0.140. The number of ketones is 1. The number of aliphatic hydroxyl groups excluding tert-OH is 1. The van der Waals surface area contributed by atoms with E-state index in [1.807, 2.05) is 24.3 Å². The summed E-state index contributed by atoms with van der Waals surface area (Å²) in [5, 5.41) is 11.2. The largest absolute Gasteiger partial charge is 0.507 e. The van der Waals surface area contributed by atoms with Gasteiger partial charge in [0.05, 0.1) is 18.7 Å². The summed E-state index contributed by atoms with van der Waals surface area (Å²) in [6.45, 7) is 13.8. The summed E-state index contributed by atoms with van der Waals surface area (Å²) in [6, 6.07) is 14.2. The van der Waals surface area contributed by atoms with Gasteiger partial charge in [0.25, 0.3) is 11.7 Å². The van der Waals surface area contributed by atoms with Crippen molar-refractivity contribution >= 4 is 17.4 Å². The maximum atomic E-state index is 13.2. The smallest absolute Gasteiger partial charge is 0.295 e. The summed E-state index contributed by atoms with van der Waals surface area (Å²) in [4.78, 5) is 30.3. The van der Waals surface area contributed by atoms with Gasteiger partial charge in [-0.2, -0.15) is 0 Å². The lowest BCUT2D eigenvalue weighted by Gasteiger charge is -2.27. The Hall–Kier alpha value is -3.12. The SMILES string of the molecule is CCN(CC)CCCN1C(=O)C(=O)/C(=C(/O)c2ccc(OC)cc2)C1c1ccc(C(C)(C)C)cc1. The lowest BCUT2D eigenvalue weighted by Crippen LogP contribution is -2.33. The zero-order valence-electron chi connectivity index (χ0n) is 21.8. The van der Waals surface area contributed by atoms with E-state index in [9.17, 15) is 14.7 Å².